The van der Waals surface area contributed by atoms with Gasteiger partial charge in [0.15, 0.2) is 11.2 Å². The van der Waals surface area contributed by atoms with E-state index in [0.29, 0.717) is 37.8 Å². The molecule has 5 atom stereocenters. The van der Waals surface area contributed by atoms with Crippen LogP contribution in [0.4, 0.5) is 5.82 Å². The number of unbranched alkanes of at least 4 members (excludes halogenated alkanes) is 12. The normalized spacial score (nSPS) is 21.5. The number of aromatic amines is 1. The zero-order valence-electron chi connectivity index (χ0n) is 30.2. The van der Waals surface area contributed by atoms with Crippen molar-refractivity contribution < 1.29 is 32.8 Å². The molecule has 0 saturated carbocycles. The predicted octanol–water partition coefficient (Wildman–Crippen LogP) is 6.29. The number of imidazole rings is 1. The van der Waals surface area contributed by atoms with E-state index in [1.54, 1.807) is 10.6 Å². The lowest BCUT2D eigenvalue weighted by Gasteiger charge is -2.19. The minimum atomic E-state index is -4.43. The molecule has 2 fully saturated rings. The first-order valence-corrected chi connectivity index (χ1v) is 20.4. The Morgan fingerprint density at radius 2 is 1.46 bits per heavy atom. The molecule has 3 N–H and O–H groups in total. The highest BCUT2D eigenvalue weighted by atomic mass is 31.2. The third kappa shape index (κ3) is 12.1. The molecule has 5 rings (SSSR count). The quantitative estimate of drug-likeness (QED) is 0.0725. The number of amides is 1. The summed E-state index contributed by atoms with van der Waals surface area (Å²) in [6.07, 6.45) is 20.7. The summed E-state index contributed by atoms with van der Waals surface area (Å²) in [4.78, 5) is 62.1. The van der Waals surface area contributed by atoms with E-state index in [1.165, 1.54) is 87.6 Å². The van der Waals surface area contributed by atoms with E-state index < -0.39 is 38.2 Å². The number of aromatic nitrogens is 6. The number of H-pyrrole nitrogens is 1. The van der Waals surface area contributed by atoms with Crippen molar-refractivity contribution in [3.05, 3.63) is 45.8 Å². The third-order valence-electron chi connectivity index (χ3n) is 9.61. The molecule has 2 aliphatic heterocycles. The van der Waals surface area contributed by atoms with E-state index in [2.05, 4.69) is 32.2 Å². The second-order valence-electron chi connectivity index (χ2n) is 13.7. The summed E-state index contributed by atoms with van der Waals surface area (Å²) in [5.41, 5.74) is -0.331. The molecule has 288 valence electrons. The number of nitrogens with zero attached hydrogens (tertiary/aromatic N) is 5. The van der Waals surface area contributed by atoms with E-state index in [-0.39, 0.29) is 36.0 Å². The number of hydrogen-bond acceptors (Lipinski definition) is 11. The number of phosphoric acid groups is 1. The van der Waals surface area contributed by atoms with Gasteiger partial charge in [-0.25, -0.2) is 19.3 Å². The molecular weight excluding hydrogens is 693 g/mol. The van der Waals surface area contributed by atoms with Crippen LogP contribution in [0.5, 0.6) is 0 Å². The lowest BCUT2D eigenvalue weighted by Crippen LogP contribution is -2.28. The maximum absolute atomic E-state index is 12.8. The van der Waals surface area contributed by atoms with Gasteiger partial charge in [-0.05, 0) is 38.2 Å². The molecule has 0 spiro atoms. The number of rotatable bonds is 23. The van der Waals surface area contributed by atoms with Gasteiger partial charge in [-0.3, -0.25) is 27.8 Å². The van der Waals surface area contributed by atoms with Gasteiger partial charge < -0.3 is 24.7 Å². The second-order valence-corrected chi connectivity index (χ2v) is 15.2. The van der Waals surface area contributed by atoms with Gasteiger partial charge in [0.25, 0.3) is 5.56 Å². The molecule has 17 heteroatoms. The maximum Gasteiger partial charge on any atom is 0.472 e. The van der Waals surface area contributed by atoms with Crippen LogP contribution in [0.15, 0.2) is 34.5 Å². The fourth-order valence-electron chi connectivity index (χ4n) is 6.70. The highest BCUT2D eigenvalue weighted by Crippen LogP contribution is 2.45. The van der Waals surface area contributed by atoms with Crippen LogP contribution in [0.2, 0.25) is 0 Å². The summed E-state index contributed by atoms with van der Waals surface area (Å²) < 4.78 is 37.9. The maximum atomic E-state index is 12.8. The Kier molecular flexibility index (Phi) is 15.6. The summed E-state index contributed by atoms with van der Waals surface area (Å²) in [5, 5.41) is 2.72. The molecule has 3 aromatic rings. The summed E-state index contributed by atoms with van der Waals surface area (Å²) in [6, 6.07) is 1.56. The SMILES string of the molecule is CCCCCCCCCCCCCCCC(=O)Nc1ccn([C@H]2CC[C@@H](COP(=O)(O)OC[C@@H]3CC[C@H](n4cnc5c(=O)[nH]cnc54)O3)O2)c(=O)n1. The lowest BCUT2D eigenvalue weighted by atomic mass is 10.0. The van der Waals surface area contributed by atoms with Gasteiger partial charge in [0.2, 0.25) is 5.91 Å². The minimum Gasteiger partial charge on any atom is -0.352 e. The van der Waals surface area contributed by atoms with Gasteiger partial charge in [-0.1, -0.05) is 84.0 Å². The number of fused-ring (bicyclic) bond motifs is 1. The van der Waals surface area contributed by atoms with E-state index in [0.717, 1.165) is 19.3 Å². The van der Waals surface area contributed by atoms with Gasteiger partial charge >= 0.3 is 13.5 Å². The van der Waals surface area contributed by atoms with E-state index >= 15 is 0 Å². The monoisotopic (exact) mass is 747 g/mol. The Hall–Kier alpha value is -3.27. The van der Waals surface area contributed by atoms with Crippen LogP contribution in [0.3, 0.4) is 0 Å². The molecule has 16 nitrogen and oxygen atoms in total. The Labute approximate surface area is 303 Å². The fraction of sp³-hybridized carbons (Fsp3) is 0.714. The third-order valence-corrected chi connectivity index (χ3v) is 10.6. The summed E-state index contributed by atoms with van der Waals surface area (Å²) in [5.74, 6) is 0.0268. The Balaban J connectivity index is 0.937. The van der Waals surface area contributed by atoms with Crippen molar-refractivity contribution in [3.8, 4) is 0 Å². The summed E-state index contributed by atoms with van der Waals surface area (Å²) in [6.45, 7) is 1.85. The molecule has 5 heterocycles. The largest absolute Gasteiger partial charge is 0.472 e. The van der Waals surface area contributed by atoms with Crippen LogP contribution in [0.1, 0.15) is 135 Å². The Bertz CT molecular complexity index is 1730. The van der Waals surface area contributed by atoms with Gasteiger partial charge in [-0.15, -0.1) is 0 Å². The van der Waals surface area contributed by atoms with E-state index in [1.807, 2.05) is 0 Å². The van der Waals surface area contributed by atoms with Crippen molar-refractivity contribution in [1.82, 2.24) is 29.1 Å². The van der Waals surface area contributed by atoms with Gasteiger partial charge in [-0.2, -0.15) is 4.98 Å². The van der Waals surface area contributed by atoms with Crippen molar-refractivity contribution in [3.63, 3.8) is 0 Å². The smallest absolute Gasteiger partial charge is 0.352 e. The standard InChI is InChI=1S/C35H54N7O9P/c1-2-3-4-5-6-7-8-9-10-11-12-13-14-15-29(43)39-28-20-21-41(35(45)40-28)30-18-16-26(50-30)22-48-52(46,47)49-23-27-17-19-31(51-27)42-25-38-32-33(42)36-24-37-34(32)44/h20-21,24-27,30-31H,2-19,22-23H2,1H3,(H,46,47)(H,36,37,44)(H,39,40,43,45)/t26-,27-,30+,31+/m0/s1. The Morgan fingerprint density at radius 3 is 2.06 bits per heavy atom. The first-order chi connectivity index (χ1) is 25.2. The topological polar surface area (TPSA) is 202 Å². The number of hydrogen-bond donors (Lipinski definition) is 3. The van der Waals surface area contributed by atoms with Crippen molar-refractivity contribution in [1.29, 1.82) is 0 Å². The lowest BCUT2D eigenvalue weighted by molar-refractivity contribution is -0.116. The van der Waals surface area contributed by atoms with Gasteiger partial charge in [0.1, 0.15) is 18.3 Å². The highest BCUT2D eigenvalue weighted by molar-refractivity contribution is 7.47. The minimum absolute atomic E-state index is 0.168. The molecule has 0 bridgehead atoms. The summed E-state index contributed by atoms with van der Waals surface area (Å²) in [7, 11) is -4.43. The van der Waals surface area contributed by atoms with Crippen LogP contribution in [0, 0.1) is 0 Å². The second kappa shape index (κ2) is 20.3. The molecule has 1 unspecified atom stereocenters. The number of nitrogens with one attached hydrogen (secondary N) is 2. The molecule has 0 aromatic carbocycles. The van der Waals surface area contributed by atoms with Crippen molar-refractivity contribution >= 4 is 30.7 Å². The van der Waals surface area contributed by atoms with Crippen LogP contribution < -0.4 is 16.6 Å². The summed E-state index contributed by atoms with van der Waals surface area (Å²) >= 11 is 0. The van der Waals surface area contributed by atoms with Crippen LogP contribution in [0.25, 0.3) is 11.2 Å². The average Bonchev–Trinajstić information content (AvgIpc) is 3.89. The van der Waals surface area contributed by atoms with Crippen molar-refractivity contribution in [2.45, 2.75) is 147 Å². The number of anilines is 1. The van der Waals surface area contributed by atoms with Gasteiger partial charge in [0, 0.05) is 12.6 Å². The number of ether oxygens (including phenoxy) is 2. The molecule has 1 amide bonds. The molecule has 2 saturated heterocycles. The fourth-order valence-corrected chi connectivity index (χ4v) is 7.49. The molecule has 3 aromatic heterocycles. The first kappa shape index (κ1) is 39.9. The molecule has 52 heavy (non-hydrogen) atoms. The van der Waals surface area contributed by atoms with E-state index in [4.69, 9.17) is 18.5 Å². The molecule has 0 aliphatic carbocycles. The molecular formula is C35H54N7O9P. The van der Waals surface area contributed by atoms with Crippen LogP contribution >= 0.6 is 7.82 Å². The van der Waals surface area contributed by atoms with E-state index in [9.17, 15) is 23.8 Å². The molecule has 2 aliphatic rings. The molecule has 0 radical (unpaired) electrons. The zero-order valence-corrected chi connectivity index (χ0v) is 31.1. The zero-order chi connectivity index (χ0) is 36.8. The van der Waals surface area contributed by atoms with Crippen LogP contribution in [-0.4, -0.2) is 65.3 Å². The average molecular weight is 748 g/mol. The first-order valence-electron chi connectivity index (χ1n) is 18.9. The number of carbonyl (C=O) groups is 1. The van der Waals surface area contributed by atoms with Crippen molar-refractivity contribution in [2.75, 3.05) is 18.5 Å². The number of carbonyl (C=O) groups excluding carboxylic acids is 1. The van der Waals surface area contributed by atoms with Crippen molar-refractivity contribution in [2.24, 2.45) is 0 Å². The highest BCUT2D eigenvalue weighted by Gasteiger charge is 2.34. The van der Waals surface area contributed by atoms with Gasteiger partial charge in [0.05, 0.1) is 38.1 Å². The van der Waals surface area contributed by atoms with Crippen LogP contribution in [-0.2, 0) is 27.9 Å². The predicted molar refractivity (Wildman–Crippen MR) is 194 cm³/mol. The number of phosphoric ester groups is 1. The Morgan fingerprint density at radius 1 is 0.885 bits per heavy atom.